The van der Waals surface area contributed by atoms with Gasteiger partial charge in [0, 0.05) is 0 Å². The van der Waals surface area contributed by atoms with E-state index in [0.717, 1.165) is 11.1 Å². The van der Waals surface area contributed by atoms with E-state index in [-0.39, 0.29) is 12.4 Å². The Labute approximate surface area is 122 Å². The number of nitrogens with one attached hydrogen (secondary N) is 1. The summed E-state index contributed by atoms with van der Waals surface area (Å²) in [6.07, 6.45) is 1.54. The van der Waals surface area contributed by atoms with Crippen LogP contribution in [-0.2, 0) is 4.79 Å². The number of benzene rings is 2. The zero-order valence-electron chi connectivity index (χ0n) is 11.5. The first-order valence-electron chi connectivity index (χ1n) is 6.41. The number of carbonyl (C=O) groups is 1. The second kappa shape index (κ2) is 7.19. The van der Waals surface area contributed by atoms with Gasteiger partial charge in [0.25, 0.3) is 5.91 Å². The van der Waals surface area contributed by atoms with Gasteiger partial charge in [-0.05, 0) is 24.6 Å². The van der Waals surface area contributed by atoms with Crippen molar-refractivity contribution in [2.24, 2.45) is 5.10 Å². The largest absolute Gasteiger partial charge is 0.481 e. The molecule has 5 heteroatoms. The van der Waals surface area contributed by atoms with Crippen LogP contribution in [0.2, 0.25) is 0 Å². The predicted molar refractivity (Wildman–Crippen MR) is 78.8 cm³/mol. The molecule has 2 rings (SSSR count). The van der Waals surface area contributed by atoms with E-state index < -0.39 is 11.7 Å². The second-order valence-corrected chi connectivity index (χ2v) is 4.43. The summed E-state index contributed by atoms with van der Waals surface area (Å²) in [5.41, 5.74) is 4.31. The predicted octanol–water partition coefficient (Wildman–Crippen LogP) is 2.66. The molecule has 1 N–H and O–H groups in total. The Balaban J connectivity index is 1.81. The number of rotatable bonds is 5. The molecule has 0 aromatic heterocycles. The van der Waals surface area contributed by atoms with Crippen LogP contribution in [0.5, 0.6) is 5.75 Å². The van der Waals surface area contributed by atoms with Crippen LogP contribution in [0.4, 0.5) is 4.39 Å². The van der Waals surface area contributed by atoms with Crippen LogP contribution in [0, 0.1) is 12.7 Å². The van der Waals surface area contributed by atoms with Gasteiger partial charge in [0.15, 0.2) is 18.2 Å². The van der Waals surface area contributed by atoms with Crippen molar-refractivity contribution < 1.29 is 13.9 Å². The Hall–Kier alpha value is -2.69. The van der Waals surface area contributed by atoms with Gasteiger partial charge in [-0.2, -0.15) is 5.10 Å². The van der Waals surface area contributed by atoms with Crippen LogP contribution in [0.3, 0.4) is 0 Å². The van der Waals surface area contributed by atoms with E-state index in [1.54, 1.807) is 12.1 Å². The van der Waals surface area contributed by atoms with E-state index in [1.807, 2.05) is 31.2 Å². The van der Waals surface area contributed by atoms with Crippen LogP contribution >= 0.6 is 0 Å². The monoisotopic (exact) mass is 286 g/mol. The number of carbonyl (C=O) groups excluding carboxylic acids is 1. The lowest BCUT2D eigenvalue weighted by Crippen LogP contribution is -2.24. The zero-order chi connectivity index (χ0) is 15.1. The Morgan fingerprint density at radius 1 is 1.29 bits per heavy atom. The molecule has 2 aromatic carbocycles. The van der Waals surface area contributed by atoms with Crippen LogP contribution in [0.15, 0.2) is 53.6 Å². The number of ether oxygens (including phenoxy) is 1. The summed E-state index contributed by atoms with van der Waals surface area (Å²) in [5, 5.41) is 3.82. The molecule has 2 aromatic rings. The molecule has 0 saturated heterocycles. The summed E-state index contributed by atoms with van der Waals surface area (Å²) in [4.78, 5) is 11.5. The number of hydrazone groups is 1. The third-order valence-corrected chi connectivity index (χ3v) is 2.64. The molecular formula is C16H15FN2O2. The highest BCUT2D eigenvalue weighted by molar-refractivity contribution is 5.83. The van der Waals surface area contributed by atoms with Crippen molar-refractivity contribution in [2.45, 2.75) is 6.92 Å². The minimum Gasteiger partial charge on any atom is -0.481 e. The maximum absolute atomic E-state index is 13.3. The van der Waals surface area contributed by atoms with E-state index in [0.29, 0.717) is 0 Å². The normalized spacial score (nSPS) is 10.6. The van der Waals surface area contributed by atoms with Crippen molar-refractivity contribution in [3.05, 3.63) is 65.5 Å². The number of hydrogen-bond donors (Lipinski definition) is 1. The van der Waals surface area contributed by atoms with Gasteiger partial charge in [0.2, 0.25) is 0 Å². The van der Waals surface area contributed by atoms with Crippen LogP contribution in [0.1, 0.15) is 11.1 Å². The highest BCUT2D eigenvalue weighted by atomic mass is 19.1. The first-order chi connectivity index (χ1) is 10.1. The van der Waals surface area contributed by atoms with Crippen molar-refractivity contribution in [3.8, 4) is 5.75 Å². The summed E-state index contributed by atoms with van der Waals surface area (Å²) < 4.78 is 18.3. The molecule has 4 nitrogen and oxygen atoms in total. The maximum Gasteiger partial charge on any atom is 0.277 e. The number of nitrogens with zero attached hydrogens (tertiary/aromatic N) is 1. The van der Waals surface area contributed by atoms with Crippen molar-refractivity contribution >= 4 is 12.1 Å². The van der Waals surface area contributed by atoms with Crippen LogP contribution < -0.4 is 10.2 Å². The molecule has 0 atom stereocenters. The second-order valence-electron chi connectivity index (χ2n) is 4.43. The molecular weight excluding hydrogens is 271 g/mol. The van der Waals surface area contributed by atoms with Gasteiger partial charge in [-0.25, -0.2) is 9.82 Å². The Morgan fingerprint density at radius 2 is 2.10 bits per heavy atom. The molecule has 0 aliphatic carbocycles. The summed E-state index contributed by atoms with van der Waals surface area (Å²) >= 11 is 0. The molecule has 0 unspecified atom stereocenters. The average Bonchev–Trinajstić information content (AvgIpc) is 2.46. The number of aryl methyl sites for hydroxylation is 1. The van der Waals surface area contributed by atoms with E-state index in [9.17, 15) is 9.18 Å². The highest BCUT2D eigenvalue weighted by Gasteiger charge is 2.04. The van der Waals surface area contributed by atoms with Gasteiger partial charge in [-0.1, -0.05) is 42.0 Å². The smallest absolute Gasteiger partial charge is 0.277 e. The Bertz CT molecular complexity index is 656. The summed E-state index contributed by atoms with van der Waals surface area (Å²) in [7, 11) is 0. The van der Waals surface area contributed by atoms with E-state index in [2.05, 4.69) is 10.5 Å². The molecule has 0 heterocycles. The lowest BCUT2D eigenvalue weighted by atomic mass is 10.2. The standard InChI is InChI=1S/C16H15FN2O2/c1-12-5-4-6-13(9-12)10-18-19-16(20)11-21-15-8-3-2-7-14(15)17/h2-10H,11H2,1H3,(H,19,20)/b18-10+. The average molecular weight is 286 g/mol. The number of para-hydroxylation sites is 1. The quantitative estimate of drug-likeness (QED) is 0.678. The first-order valence-corrected chi connectivity index (χ1v) is 6.41. The maximum atomic E-state index is 13.3. The van der Waals surface area contributed by atoms with E-state index in [4.69, 9.17) is 4.74 Å². The fourth-order valence-electron chi connectivity index (χ4n) is 1.67. The topological polar surface area (TPSA) is 50.7 Å². The molecule has 21 heavy (non-hydrogen) atoms. The van der Waals surface area contributed by atoms with Crippen molar-refractivity contribution in [3.63, 3.8) is 0 Å². The SMILES string of the molecule is Cc1cccc(/C=N/NC(=O)COc2ccccc2F)c1. The molecule has 0 radical (unpaired) electrons. The number of hydrogen-bond acceptors (Lipinski definition) is 3. The number of amides is 1. The minimum absolute atomic E-state index is 0.0373. The highest BCUT2D eigenvalue weighted by Crippen LogP contribution is 2.14. The van der Waals surface area contributed by atoms with Gasteiger partial charge in [0.1, 0.15) is 0 Å². The van der Waals surface area contributed by atoms with E-state index in [1.165, 1.54) is 18.3 Å². The molecule has 0 aliphatic heterocycles. The molecule has 1 amide bonds. The van der Waals surface area contributed by atoms with Crippen molar-refractivity contribution in [1.29, 1.82) is 0 Å². The lowest BCUT2D eigenvalue weighted by molar-refractivity contribution is -0.123. The van der Waals surface area contributed by atoms with Crippen molar-refractivity contribution in [2.75, 3.05) is 6.61 Å². The fourth-order valence-corrected chi connectivity index (χ4v) is 1.67. The number of halogens is 1. The zero-order valence-corrected chi connectivity index (χ0v) is 11.5. The van der Waals surface area contributed by atoms with Gasteiger partial charge in [0.05, 0.1) is 6.21 Å². The summed E-state index contributed by atoms with van der Waals surface area (Å²) in [5.74, 6) is -0.925. The van der Waals surface area contributed by atoms with Crippen LogP contribution in [0.25, 0.3) is 0 Å². The third kappa shape index (κ3) is 4.72. The van der Waals surface area contributed by atoms with Crippen molar-refractivity contribution in [1.82, 2.24) is 5.43 Å². The van der Waals surface area contributed by atoms with Gasteiger partial charge in [-0.3, -0.25) is 4.79 Å². The van der Waals surface area contributed by atoms with E-state index >= 15 is 0 Å². The molecule has 0 bridgehead atoms. The van der Waals surface area contributed by atoms with Gasteiger partial charge < -0.3 is 4.74 Å². The minimum atomic E-state index is -0.506. The molecule has 0 aliphatic rings. The molecule has 108 valence electrons. The summed E-state index contributed by atoms with van der Waals surface area (Å²) in [6.45, 7) is 1.67. The Morgan fingerprint density at radius 3 is 2.86 bits per heavy atom. The first kappa shape index (κ1) is 14.7. The molecule has 0 saturated carbocycles. The van der Waals surface area contributed by atoms with Gasteiger partial charge >= 0.3 is 0 Å². The summed E-state index contributed by atoms with van der Waals surface area (Å²) in [6, 6.07) is 13.6. The van der Waals surface area contributed by atoms with Crippen LogP contribution in [-0.4, -0.2) is 18.7 Å². The fraction of sp³-hybridized carbons (Fsp3) is 0.125. The lowest BCUT2D eigenvalue weighted by Gasteiger charge is -2.05. The molecule has 0 fully saturated rings. The third-order valence-electron chi connectivity index (χ3n) is 2.64. The van der Waals surface area contributed by atoms with Gasteiger partial charge in [-0.15, -0.1) is 0 Å². The molecule has 0 spiro atoms. The Kier molecular flexibility index (Phi) is 5.04.